The lowest BCUT2D eigenvalue weighted by Crippen LogP contribution is -2.38. The van der Waals surface area contributed by atoms with Crippen LogP contribution < -0.4 is 0 Å². The van der Waals surface area contributed by atoms with Gasteiger partial charge in [-0.05, 0) is 6.08 Å². The normalized spacial score (nSPS) is 24.7. The molecule has 0 aliphatic carbocycles. The highest BCUT2D eigenvalue weighted by Gasteiger charge is 2.26. The molecular formula is C10H14O5. The number of ether oxygens (including phenoxy) is 3. The third-order valence-corrected chi connectivity index (χ3v) is 1.85. The van der Waals surface area contributed by atoms with Gasteiger partial charge in [-0.15, -0.1) is 0 Å². The molecule has 0 aromatic rings. The molecule has 1 heterocycles. The Morgan fingerprint density at radius 3 is 2.73 bits per heavy atom. The molecule has 0 aromatic heterocycles. The SMILES string of the molecule is CC(=O)OCC1OCC=CC1OC(C)=O. The van der Waals surface area contributed by atoms with Gasteiger partial charge < -0.3 is 14.2 Å². The van der Waals surface area contributed by atoms with Crippen LogP contribution in [0.4, 0.5) is 0 Å². The van der Waals surface area contributed by atoms with Crippen LogP contribution in [0, 0.1) is 0 Å². The molecule has 1 rings (SSSR count). The smallest absolute Gasteiger partial charge is 0.303 e. The molecule has 5 nitrogen and oxygen atoms in total. The van der Waals surface area contributed by atoms with E-state index in [4.69, 9.17) is 14.2 Å². The summed E-state index contributed by atoms with van der Waals surface area (Å²) >= 11 is 0. The summed E-state index contributed by atoms with van der Waals surface area (Å²) in [4.78, 5) is 21.4. The fourth-order valence-electron chi connectivity index (χ4n) is 1.24. The zero-order chi connectivity index (χ0) is 11.3. The summed E-state index contributed by atoms with van der Waals surface area (Å²) in [5.41, 5.74) is 0. The number of rotatable bonds is 3. The van der Waals surface area contributed by atoms with Crippen LogP contribution in [0.1, 0.15) is 13.8 Å². The maximum absolute atomic E-state index is 10.8. The van der Waals surface area contributed by atoms with E-state index in [-0.39, 0.29) is 18.5 Å². The summed E-state index contributed by atoms with van der Waals surface area (Å²) in [5, 5.41) is 0. The van der Waals surface area contributed by atoms with Crippen molar-refractivity contribution < 1.29 is 23.8 Å². The Labute approximate surface area is 88.0 Å². The van der Waals surface area contributed by atoms with E-state index < -0.39 is 12.2 Å². The molecule has 0 bridgehead atoms. The van der Waals surface area contributed by atoms with E-state index in [9.17, 15) is 9.59 Å². The van der Waals surface area contributed by atoms with Crippen LogP contribution >= 0.6 is 0 Å². The van der Waals surface area contributed by atoms with Gasteiger partial charge in [0.25, 0.3) is 0 Å². The molecule has 5 heteroatoms. The fraction of sp³-hybridized carbons (Fsp3) is 0.600. The molecule has 2 atom stereocenters. The van der Waals surface area contributed by atoms with Gasteiger partial charge in [-0.2, -0.15) is 0 Å². The van der Waals surface area contributed by atoms with Crippen molar-refractivity contribution in [1.82, 2.24) is 0 Å². The highest BCUT2D eigenvalue weighted by atomic mass is 16.6. The van der Waals surface area contributed by atoms with E-state index in [1.807, 2.05) is 0 Å². The molecule has 0 aromatic carbocycles. The number of carbonyl (C=O) groups is 2. The molecule has 15 heavy (non-hydrogen) atoms. The first kappa shape index (κ1) is 11.7. The third-order valence-electron chi connectivity index (χ3n) is 1.85. The second kappa shape index (κ2) is 5.50. The van der Waals surface area contributed by atoms with Gasteiger partial charge in [0.1, 0.15) is 18.8 Å². The first-order valence-electron chi connectivity index (χ1n) is 4.68. The van der Waals surface area contributed by atoms with Crippen LogP contribution in [-0.4, -0.2) is 37.4 Å². The topological polar surface area (TPSA) is 61.8 Å². The predicted molar refractivity (Wildman–Crippen MR) is 51.1 cm³/mol. The molecule has 0 amide bonds. The van der Waals surface area contributed by atoms with E-state index in [1.54, 1.807) is 12.2 Å². The molecule has 1 aliphatic rings. The highest BCUT2D eigenvalue weighted by molar-refractivity contribution is 5.66. The monoisotopic (exact) mass is 214 g/mol. The Morgan fingerprint density at radius 1 is 1.40 bits per heavy atom. The van der Waals surface area contributed by atoms with Crippen molar-refractivity contribution in [2.24, 2.45) is 0 Å². The summed E-state index contributed by atoms with van der Waals surface area (Å²) in [5.74, 6) is -0.766. The van der Waals surface area contributed by atoms with Gasteiger partial charge >= 0.3 is 11.9 Å². The molecule has 2 unspecified atom stereocenters. The number of esters is 2. The minimum atomic E-state index is -0.476. The first-order chi connectivity index (χ1) is 7.09. The highest BCUT2D eigenvalue weighted by Crippen LogP contribution is 2.12. The van der Waals surface area contributed by atoms with Gasteiger partial charge in [0.15, 0.2) is 0 Å². The van der Waals surface area contributed by atoms with Crippen molar-refractivity contribution in [3.05, 3.63) is 12.2 Å². The second-order valence-corrected chi connectivity index (χ2v) is 3.18. The summed E-state index contributed by atoms with van der Waals surface area (Å²) in [6.07, 6.45) is 2.61. The maximum Gasteiger partial charge on any atom is 0.303 e. The summed E-state index contributed by atoms with van der Waals surface area (Å²) in [6, 6.07) is 0. The van der Waals surface area contributed by atoms with Crippen molar-refractivity contribution in [1.29, 1.82) is 0 Å². The summed E-state index contributed by atoms with van der Waals surface area (Å²) in [6.45, 7) is 3.17. The molecule has 0 fully saturated rings. The lowest BCUT2D eigenvalue weighted by molar-refractivity contribution is -0.158. The third kappa shape index (κ3) is 4.12. The van der Waals surface area contributed by atoms with Crippen LogP contribution in [0.3, 0.4) is 0 Å². The van der Waals surface area contributed by atoms with Crippen molar-refractivity contribution in [3.8, 4) is 0 Å². The van der Waals surface area contributed by atoms with E-state index in [1.165, 1.54) is 13.8 Å². The first-order valence-corrected chi connectivity index (χ1v) is 4.68. The maximum atomic E-state index is 10.8. The van der Waals surface area contributed by atoms with Gasteiger partial charge in [-0.25, -0.2) is 0 Å². The van der Waals surface area contributed by atoms with Crippen molar-refractivity contribution in [3.63, 3.8) is 0 Å². The van der Waals surface area contributed by atoms with Crippen molar-refractivity contribution in [2.75, 3.05) is 13.2 Å². The molecule has 0 spiro atoms. The lowest BCUT2D eigenvalue weighted by atomic mass is 10.1. The molecule has 84 valence electrons. The molecule has 0 saturated heterocycles. The average Bonchev–Trinajstić information content (AvgIpc) is 2.15. The molecule has 0 saturated carbocycles. The van der Waals surface area contributed by atoms with E-state index in [2.05, 4.69) is 0 Å². The van der Waals surface area contributed by atoms with Crippen LogP contribution in [-0.2, 0) is 23.8 Å². The van der Waals surface area contributed by atoms with Crippen LogP contribution in [0.25, 0.3) is 0 Å². The summed E-state index contributed by atoms with van der Waals surface area (Å²) < 4.78 is 15.1. The Hall–Kier alpha value is -1.36. The van der Waals surface area contributed by atoms with E-state index >= 15 is 0 Å². The Balaban J connectivity index is 2.48. The Morgan fingerprint density at radius 2 is 2.13 bits per heavy atom. The number of hydrogen-bond acceptors (Lipinski definition) is 5. The van der Waals surface area contributed by atoms with Gasteiger partial charge in [-0.3, -0.25) is 9.59 Å². The average molecular weight is 214 g/mol. The Kier molecular flexibility index (Phi) is 4.30. The zero-order valence-electron chi connectivity index (χ0n) is 8.76. The Bertz CT molecular complexity index is 271. The number of carbonyl (C=O) groups excluding carboxylic acids is 2. The van der Waals surface area contributed by atoms with Crippen LogP contribution in [0.5, 0.6) is 0 Å². The standard InChI is InChI=1S/C10H14O5/c1-7(11)14-6-10-9(15-8(2)12)4-3-5-13-10/h3-4,9-10H,5-6H2,1-2H3. The van der Waals surface area contributed by atoms with E-state index in [0.717, 1.165) is 0 Å². The summed E-state index contributed by atoms with van der Waals surface area (Å²) in [7, 11) is 0. The van der Waals surface area contributed by atoms with Crippen LogP contribution in [0.2, 0.25) is 0 Å². The predicted octanol–water partition coefficient (Wildman–Crippen LogP) is 0.436. The zero-order valence-corrected chi connectivity index (χ0v) is 8.76. The van der Waals surface area contributed by atoms with Gasteiger partial charge in [0, 0.05) is 13.8 Å². The lowest BCUT2D eigenvalue weighted by Gasteiger charge is -2.26. The van der Waals surface area contributed by atoms with Gasteiger partial charge in [0.05, 0.1) is 6.61 Å². The minimum absolute atomic E-state index is 0.0949. The van der Waals surface area contributed by atoms with Crippen molar-refractivity contribution >= 4 is 11.9 Å². The number of hydrogen-bond donors (Lipinski definition) is 0. The van der Waals surface area contributed by atoms with Gasteiger partial charge in [-0.1, -0.05) is 6.08 Å². The second-order valence-electron chi connectivity index (χ2n) is 3.18. The fourth-order valence-corrected chi connectivity index (χ4v) is 1.24. The van der Waals surface area contributed by atoms with E-state index in [0.29, 0.717) is 6.61 Å². The molecule has 0 N–H and O–H groups in total. The molecule has 1 aliphatic heterocycles. The largest absolute Gasteiger partial charge is 0.463 e. The quantitative estimate of drug-likeness (QED) is 0.503. The molecular weight excluding hydrogens is 200 g/mol. The van der Waals surface area contributed by atoms with Crippen LogP contribution in [0.15, 0.2) is 12.2 Å². The molecule has 0 radical (unpaired) electrons. The minimum Gasteiger partial charge on any atom is -0.463 e. The van der Waals surface area contributed by atoms with Crippen molar-refractivity contribution in [2.45, 2.75) is 26.1 Å². The van der Waals surface area contributed by atoms with Gasteiger partial charge in [0.2, 0.25) is 0 Å².